The molecule has 0 aliphatic carbocycles. The number of nitrogens with zero attached hydrogens (tertiary/aromatic N) is 1. The van der Waals surface area contributed by atoms with Gasteiger partial charge >= 0.3 is 0 Å². The summed E-state index contributed by atoms with van der Waals surface area (Å²) in [6, 6.07) is 10.0. The van der Waals surface area contributed by atoms with Crippen LogP contribution in [-0.4, -0.2) is 11.6 Å². The number of hydrogen-bond acceptors (Lipinski definition) is 2. The number of hydrazone groups is 1. The average Bonchev–Trinajstić information content (AvgIpc) is 2.16. The van der Waals surface area contributed by atoms with Crippen LogP contribution in [0.5, 0.6) is 0 Å². The summed E-state index contributed by atoms with van der Waals surface area (Å²) in [5.41, 5.74) is 4.50. The Balaban J connectivity index is 2.53. The molecule has 3 heteroatoms. The largest absolute Gasteiger partial charge is 0.274 e. The van der Waals surface area contributed by atoms with Crippen molar-refractivity contribution < 1.29 is 4.79 Å². The molecule has 14 heavy (non-hydrogen) atoms. The fourth-order valence-electron chi connectivity index (χ4n) is 1.10. The molecular formula is C11H14N2O. The number of rotatable bonds is 3. The number of hydrogen-bond donors (Lipinski definition) is 1. The minimum Gasteiger partial charge on any atom is -0.274 e. The van der Waals surface area contributed by atoms with Crippen molar-refractivity contribution in [2.45, 2.75) is 20.3 Å². The Hall–Kier alpha value is -1.64. The molecule has 1 aromatic rings. The minimum absolute atomic E-state index is 0.141. The maximum Gasteiger partial charge on any atom is 0.236 e. The summed E-state index contributed by atoms with van der Waals surface area (Å²) in [7, 11) is 0. The summed E-state index contributed by atoms with van der Waals surface area (Å²) in [6.45, 7) is 3.34. The molecule has 1 N–H and O–H groups in total. The summed E-state index contributed by atoms with van der Waals surface area (Å²) in [5.74, 6) is -0.141. The van der Waals surface area contributed by atoms with E-state index in [4.69, 9.17) is 0 Å². The number of carbonyl (C=O) groups excluding carboxylic acids is 1. The van der Waals surface area contributed by atoms with Crippen molar-refractivity contribution in [3.63, 3.8) is 0 Å². The van der Waals surface area contributed by atoms with Crippen LogP contribution in [-0.2, 0) is 11.2 Å². The van der Waals surface area contributed by atoms with E-state index in [2.05, 4.69) is 10.5 Å². The highest BCUT2D eigenvalue weighted by atomic mass is 16.2. The first kappa shape index (κ1) is 10.4. The third-order valence-electron chi connectivity index (χ3n) is 1.71. The third kappa shape index (κ3) is 3.85. The predicted molar refractivity (Wildman–Crippen MR) is 57.1 cm³/mol. The molecule has 0 aliphatic heterocycles. The van der Waals surface area contributed by atoms with Gasteiger partial charge in [0, 0.05) is 19.1 Å². The van der Waals surface area contributed by atoms with Crippen LogP contribution in [0.1, 0.15) is 19.4 Å². The first-order chi connectivity index (χ1) is 6.68. The van der Waals surface area contributed by atoms with E-state index in [0.717, 1.165) is 12.1 Å². The van der Waals surface area contributed by atoms with Crippen molar-refractivity contribution in [2.24, 2.45) is 5.10 Å². The van der Waals surface area contributed by atoms with E-state index in [-0.39, 0.29) is 5.91 Å². The van der Waals surface area contributed by atoms with Gasteiger partial charge in [0.05, 0.1) is 0 Å². The van der Waals surface area contributed by atoms with Crippen molar-refractivity contribution in [2.75, 3.05) is 0 Å². The lowest BCUT2D eigenvalue weighted by atomic mass is 10.1. The lowest BCUT2D eigenvalue weighted by Crippen LogP contribution is -2.15. The minimum atomic E-state index is -0.141. The molecule has 0 spiro atoms. The van der Waals surface area contributed by atoms with E-state index in [1.807, 2.05) is 37.3 Å². The maximum absolute atomic E-state index is 10.6. The molecule has 0 saturated carbocycles. The van der Waals surface area contributed by atoms with E-state index < -0.39 is 0 Å². The number of benzene rings is 1. The summed E-state index contributed by atoms with van der Waals surface area (Å²) >= 11 is 0. The third-order valence-corrected chi connectivity index (χ3v) is 1.71. The topological polar surface area (TPSA) is 41.5 Å². The zero-order valence-electron chi connectivity index (χ0n) is 8.45. The molecule has 1 aromatic carbocycles. The number of carbonyl (C=O) groups is 1. The molecule has 0 aromatic heterocycles. The molecule has 0 fully saturated rings. The zero-order chi connectivity index (χ0) is 10.4. The van der Waals surface area contributed by atoms with E-state index in [1.165, 1.54) is 12.5 Å². The lowest BCUT2D eigenvalue weighted by Gasteiger charge is -2.00. The first-order valence-electron chi connectivity index (χ1n) is 4.52. The highest BCUT2D eigenvalue weighted by Crippen LogP contribution is 2.00. The molecule has 0 aliphatic rings. The summed E-state index contributed by atoms with van der Waals surface area (Å²) in [5, 5.41) is 3.94. The smallest absolute Gasteiger partial charge is 0.236 e. The standard InChI is InChI=1S/C11H14N2O/c1-9(12-13-10(2)14)8-11-6-4-3-5-7-11/h3-7H,8H2,1-2H3,(H,13,14)/b12-9+. The van der Waals surface area contributed by atoms with Crippen LogP contribution in [0.3, 0.4) is 0 Å². The van der Waals surface area contributed by atoms with Gasteiger partial charge in [0.25, 0.3) is 0 Å². The molecule has 0 bridgehead atoms. The summed E-state index contributed by atoms with van der Waals surface area (Å²) in [6.07, 6.45) is 0.765. The number of nitrogens with one attached hydrogen (secondary N) is 1. The summed E-state index contributed by atoms with van der Waals surface area (Å²) in [4.78, 5) is 10.6. The molecular weight excluding hydrogens is 176 g/mol. The van der Waals surface area contributed by atoms with Crippen LogP contribution in [0.25, 0.3) is 0 Å². The van der Waals surface area contributed by atoms with Gasteiger partial charge in [0.15, 0.2) is 0 Å². The van der Waals surface area contributed by atoms with Crippen LogP contribution in [0.2, 0.25) is 0 Å². The lowest BCUT2D eigenvalue weighted by molar-refractivity contribution is -0.118. The van der Waals surface area contributed by atoms with Crippen molar-refractivity contribution in [3.8, 4) is 0 Å². The first-order valence-corrected chi connectivity index (χ1v) is 4.52. The van der Waals surface area contributed by atoms with Gasteiger partial charge < -0.3 is 0 Å². The zero-order valence-corrected chi connectivity index (χ0v) is 8.45. The van der Waals surface area contributed by atoms with Gasteiger partial charge in [-0.05, 0) is 12.5 Å². The Labute approximate surface area is 83.8 Å². The molecule has 1 amide bonds. The van der Waals surface area contributed by atoms with Crippen LogP contribution >= 0.6 is 0 Å². The Morgan fingerprint density at radius 2 is 1.93 bits per heavy atom. The van der Waals surface area contributed by atoms with Crippen LogP contribution < -0.4 is 5.43 Å². The average molecular weight is 190 g/mol. The quantitative estimate of drug-likeness (QED) is 0.572. The molecule has 0 radical (unpaired) electrons. The maximum atomic E-state index is 10.6. The second-order valence-corrected chi connectivity index (χ2v) is 3.18. The van der Waals surface area contributed by atoms with Gasteiger partial charge in [-0.25, -0.2) is 5.43 Å². The van der Waals surface area contributed by atoms with Crippen molar-refractivity contribution in [3.05, 3.63) is 35.9 Å². The Bertz CT molecular complexity index is 330. The fraction of sp³-hybridized carbons (Fsp3) is 0.273. The van der Waals surface area contributed by atoms with Gasteiger partial charge in [0.2, 0.25) is 5.91 Å². The SMILES string of the molecule is CC(=O)N/N=C(\C)Cc1ccccc1. The van der Waals surface area contributed by atoms with Gasteiger partial charge in [-0.1, -0.05) is 30.3 Å². The Morgan fingerprint density at radius 3 is 2.50 bits per heavy atom. The van der Waals surface area contributed by atoms with Crippen LogP contribution in [0.4, 0.5) is 0 Å². The van der Waals surface area contributed by atoms with E-state index in [9.17, 15) is 4.79 Å². The highest BCUT2D eigenvalue weighted by Gasteiger charge is 1.95. The second-order valence-electron chi connectivity index (χ2n) is 3.18. The molecule has 3 nitrogen and oxygen atoms in total. The van der Waals surface area contributed by atoms with E-state index in [1.54, 1.807) is 0 Å². The molecule has 0 saturated heterocycles. The van der Waals surface area contributed by atoms with Crippen LogP contribution in [0.15, 0.2) is 35.4 Å². The van der Waals surface area contributed by atoms with E-state index >= 15 is 0 Å². The van der Waals surface area contributed by atoms with Crippen molar-refractivity contribution in [1.29, 1.82) is 0 Å². The van der Waals surface area contributed by atoms with Gasteiger partial charge in [-0.3, -0.25) is 4.79 Å². The Morgan fingerprint density at radius 1 is 1.29 bits per heavy atom. The van der Waals surface area contributed by atoms with Gasteiger partial charge in [0.1, 0.15) is 0 Å². The van der Waals surface area contributed by atoms with Gasteiger partial charge in [-0.15, -0.1) is 0 Å². The monoisotopic (exact) mass is 190 g/mol. The fourth-order valence-corrected chi connectivity index (χ4v) is 1.10. The van der Waals surface area contributed by atoms with Crippen molar-refractivity contribution in [1.82, 2.24) is 5.43 Å². The Kier molecular flexibility index (Phi) is 3.85. The summed E-state index contributed by atoms with van der Waals surface area (Å²) < 4.78 is 0. The molecule has 0 atom stereocenters. The van der Waals surface area contributed by atoms with Crippen LogP contribution in [0, 0.1) is 0 Å². The van der Waals surface area contributed by atoms with Crippen molar-refractivity contribution >= 4 is 11.6 Å². The second kappa shape index (κ2) is 5.17. The number of amides is 1. The van der Waals surface area contributed by atoms with E-state index in [0.29, 0.717) is 0 Å². The molecule has 0 unspecified atom stereocenters. The molecule has 74 valence electrons. The molecule has 0 heterocycles. The molecule has 1 rings (SSSR count). The highest BCUT2D eigenvalue weighted by molar-refractivity contribution is 5.85. The van der Waals surface area contributed by atoms with Gasteiger partial charge in [-0.2, -0.15) is 5.10 Å². The predicted octanol–water partition coefficient (Wildman–Crippen LogP) is 1.74. The normalized spacial score (nSPS) is 11.1.